The van der Waals surface area contributed by atoms with Crippen molar-refractivity contribution in [1.82, 2.24) is 5.32 Å². The highest BCUT2D eigenvalue weighted by Gasteiger charge is 2.52. The van der Waals surface area contributed by atoms with E-state index in [2.05, 4.69) is 26.1 Å². The fourth-order valence-electron chi connectivity index (χ4n) is 3.41. The van der Waals surface area contributed by atoms with Crippen LogP contribution in [0.15, 0.2) is 60.7 Å². The van der Waals surface area contributed by atoms with Gasteiger partial charge in [0.15, 0.2) is 6.23 Å². The van der Waals surface area contributed by atoms with Crippen LogP contribution in [-0.2, 0) is 14.0 Å². The van der Waals surface area contributed by atoms with Crippen LogP contribution in [0.3, 0.4) is 0 Å². The van der Waals surface area contributed by atoms with Crippen molar-refractivity contribution in [1.29, 1.82) is 0 Å². The van der Waals surface area contributed by atoms with Crippen LogP contribution in [0.4, 0.5) is 4.79 Å². The predicted octanol–water partition coefficient (Wildman–Crippen LogP) is 2.90. The van der Waals surface area contributed by atoms with Gasteiger partial charge in [0.1, 0.15) is 5.60 Å². The van der Waals surface area contributed by atoms with Gasteiger partial charge < -0.3 is 9.16 Å². The first kappa shape index (κ1) is 23.8. The number of amides is 2. The van der Waals surface area contributed by atoms with Crippen LogP contribution >= 0.6 is 0 Å². The molecule has 0 saturated heterocycles. The largest absolute Gasteiger partial charge is 0.444 e. The van der Waals surface area contributed by atoms with Crippen molar-refractivity contribution in [2.45, 2.75) is 58.4 Å². The van der Waals surface area contributed by atoms with Gasteiger partial charge in [-0.1, -0.05) is 81.4 Å². The van der Waals surface area contributed by atoms with Gasteiger partial charge in [-0.3, -0.25) is 15.8 Å². The van der Waals surface area contributed by atoms with Crippen molar-refractivity contribution in [3.63, 3.8) is 0 Å². The van der Waals surface area contributed by atoms with Crippen LogP contribution in [0, 0.1) is 0 Å². The number of hydrogen-bond acceptors (Lipinski definition) is 5. The van der Waals surface area contributed by atoms with E-state index in [9.17, 15) is 9.59 Å². The summed E-state index contributed by atoms with van der Waals surface area (Å²) in [5.74, 6) is -0.739. The Balaban J connectivity index is 2.43. The van der Waals surface area contributed by atoms with Crippen molar-refractivity contribution < 1.29 is 18.8 Å². The summed E-state index contributed by atoms with van der Waals surface area (Å²) in [7, 11) is -3.01. The molecule has 0 spiro atoms. The van der Waals surface area contributed by atoms with E-state index in [1.54, 1.807) is 20.8 Å². The minimum Gasteiger partial charge on any atom is -0.444 e. The third kappa shape index (κ3) is 5.56. The Bertz CT molecular complexity index is 819. The first-order chi connectivity index (χ1) is 13.9. The van der Waals surface area contributed by atoms with Gasteiger partial charge in [0, 0.05) is 0 Å². The second-order valence-corrected chi connectivity index (χ2v) is 13.4. The molecule has 1 atom stereocenters. The molecule has 2 rings (SSSR count). The number of alkyl carbamates (subject to hydrolysis) is 1. The van der Waals surface area contributed by atoms with Crippen LogP contribution in [0.2, 0.25) is 5.04 Å². The maximum atomic E-state index is 12.7. The van der Waals surface area contributed by atoms with E-state index in [4.69, 9.17) is 14.9 Å². The average Bonchev–Trinajstić information content (AvgIpc) is 2.64. The summed E-state index contributed by atoms with van der Waals surface area (Å²) in [5, 5.41) is 3.82. The zero-order valence-electron chi connectivity index (χ0n) is 18.6. The lowest BCUT2D eigenvalue weighted by Crippen LogP contribution is -2.69. The van der Waals surface area contributed by atoms with Crippen molar-refractivity contribution in [3.05, 3.63) is 60.7 Å². The normalized spacial score (nSPS) is 13.4. The molecule has 0 bridgehead atoms. The second-order valence-electron chi connectivity index (χ2n) is 9.19. The maximum absolute atomic E-state index is 12.7. The third-order valence-electron chi connectivity index (χ3n) is 4.60. The number of imide groups is 1. The molecule has 3 N–H and O–H groups in total. The smallest absolute Gasteiger partial charge is 0.414 e. The Labute approximate surface area is 179 Å². The number of ether oxygens (including phenoxy) is 1. The van der Waals surface area contributed by atoms with Gasteiger partial charge in [-0.15, -0.1) is 0 Å². The summed E-state index contributed by atoms with van der Waals surface area (Å²) in [6, 6.07) is 19.7. The van der Waals surface area contributed by atoms with E-state index in [1.165, 1.54) is 0 Å². The number of benzene rings is 2. The molecular formula is C23H32N2O4Si. The summed E-state index contributed by atoms with van der Waals surface area (Å²) >= 11 is 0. The molecule has 0 aliphatic rings. The number of carbonyl (C=O) groups is 2. The average molecular weight is 429 g/mol. The zero-order chi connectivity index (χ0) is 22.6. The Morgan fingerprint density at radius 3 is 1.67 bits per heavy atom. The highest BCUT2D eigenvalue weighted by molar-refractivity contribution is 6.99. The first-order valence-corrected chi connectivity index (χ1v) is 11.9. The third-order valence-corrected chi connectivity index (χ3v) is 9.62. The number of nitrogens with one attached hydrogen (secondary N) is 1. The monoisotopic (exact) mass is 428 g/mol. The fourth-order valence-corrected chi connectivity index (χ4v) is 7.91. The standard InChI is InChI=1S/C23H32N2O4Si/c1-22(2,3)28-21(27)25-20(26)19(24)29-30(23(4,5)6,17-13-9-7-10-14-17)18-15-11-8-12-16-18/h7-16,19H,24H2,1-6H3,(H,25,26,27). The van der Waals surface area contributed by atoms with Gasteiger partial charge in [-0.25, -0.2) is 4.79 Å². The second kappa shape index (κ2) is 9.12. The van der Waals surface area contributed by atoms with E-state index in [0.29, 0.717) is 0 Å². The summed E-state index contributed by atoms with van der Waals surface area (Å²) in [6.07, 6.45) is -2.20. The van der Waals surface area contributed by atoms with Gasteiger partial charge in [0.05, 0.1) is 0 Å². The molecule has 0 aromatic heterocycles. The molecule has 0 fully saturated rings. The highest BCUT2D eigenvalue weighted by atomic mass is 28.4. The Kier molecular flexibility index (Phi) is 7.23. The number of rotatable bonds is 5. The summed E-state index contributed by atoms with van der Waals surface area (Å²) in [6.45, 7) is 11.4. The molecule has 0 heterocycles. The van der Waals surface area contributed by atoms with E-state index in [1.807, 2.05) is 60.7 Å². The summed E-state index contributed by atoms with van der Waals surface area (Å²) in [5.41, 5.74) is 5.45. The molecular weight excluding hydrogens is 396 g/mol. The van der Waals surface area contributed by atoms with Crippen molar-refractivity contribution in [3.8, 4) is 0 Å². The number of carbonyl (C=O) groups excluding carboxylic acids is 2. The molecule has 162 valence electrons. The number of nitrogens with two attached hydrogens (primary N) is 1. The molecule has 7 heteroatoms. The molecule has 0 radical (unpaired) electrons. The van der Waals surface area contributed by atoms with Gasteiger partial charge in [-0.2, -0.15) is 0 Å². The van der Waals surface area contributed by atoms with Crippen molar-refractivity contribution in [2.24, 2.45) is 5.73 Å². The Hall–Kier alpha value is -2.48. The van der Waals surface area contributed by atoms with E-state index in [0.717, 1.165) is 10.4 Å². The van der Waals surface area contributed by atoms with E-state index >= 15 is 0 Å². The lowest BCUT2D eigenvalue weighted by atomic mass is 10.2. The number of hydrogen-bond donors (Lipinski definition) is 2. The first-order valence-electron chi connectivity index (χ1n) is 9.95. The lowest BCUT2D eigenvalue weighted by Gasteiger charge is -2.44. The Morgan fingerprint density at radius 1 is 0.867 bits per heavy atom. The van der Waals surface area contributed by atoms with E-state index in [-0.39, 0.29) is 5.04 Å². The molecule has 2 amide bonds. The van der Waals surface area contributed by atoms with Crippen LogP contribution in [-0.4, -0.2) is 32.1 Å². The molecule has 2 aromatic carbocycles. The van der Waals surface area contributed by atoms with Crippen molar-refractivity contribution in [2.75, 3.05) is 0 Å². The SMILES string of the molecule is CC(C)(C)OC(=O)NC(=O)C(N)O[Si](c1ccccc1)(c1ccccc1)C(C)(C)C. The minimum atomic E-state index is -3.01. The van der Waals surface area contributed by atoms with Gasteiger partial charge in [0.25, 0.3) is 14.2 Å². The fraction of sp³-hybridized carbons (Fsp3) is 0.391. The highest BCUT2D eigenvalue weighted by Crippen LogP contribution is 2.37. The molecule has 0 aliphatic heterocycles. The summed E-state index contributed by atoms with van der Waals surface area (Å²) in [4.78, 5) is 24.7. The molecule has 0 saturated carbocycles. The van der Waals surface area contributed by atoms with Crippen molar-refractivity contribution >= 4 is 30.7 Å². The van der Waals surface area contributed by atoms with Gasteiger partial charge >= 0.3 is 6.09 Å². The lowest BCUT2D eigenvalue weighted by molar-refractivity contribution is -0.127. The zero-order valence-corrected chi connectivity index (χ0v) is 19.6. The predicted molar refractivity (Wildman–Crippen MR) is 121 cm³/mol. The van der Waals surface area contributed by atoms with Crippen LogP contribution < -0.4 is 21.4 Å². The summed E-state index contributed by atoms with van der Waals surface area (Å²) < 4.78 is 11.6. The minimum absolute atomic E-state index is 0.348. The molecule has 0 aliphatic carbocycles. The Morgan fingerprint density at radius 2 is 1.30 bits per heavy atom. The van der Waals surface area contributed by atoms with E-state index < -0.39 is 32.1 Å². The quantitative estimate of drug-likeness (QED) is 0.564. The molecule has 6 nitrogen and oxygen atoms in total. The topological polar surface area (TPSA) is 90.7 Å². The van der Waals surface area contributed by atoms with Crippen LogP contribution in [0.1, 0.15) is 41.5 Å². The molecule has 1 unspecified atom stereocenters. The van der Waals surface area contributed by atoms with Crippen LogP contribution in [0.5, 0.6) is 0 Å². The molecule has 2 aromatic rings. The van der Waals surface area contributed by atoms with Gasteiger partial charge in [0.2, 0.25) is 0 Å². The van der Waals surface area contributed by atoms with Crippen LogP contribution in [0.25, 0.3) is 0 Å². The van der Waals surface area contributed by atoms with Gasteiger partial charge in [-0.05, 0) is 36.2 Å². The molecule has 30 heavy (non-hydrogen) atoms. The maximum Gasteiger partial charge on any atom is 0.414 e.